The van der Waals surface area contributed by atoms with E-state index in [0.29, 0.717) is 12.1 Å². The molecule has 0 bridgehead atoms. The van der Waals surface area contributed by atoms with Gasteiger partial charge in [-0.25, -0.2) is 0 Å². The summed E-state index contributed by atoms with van der Waals surface area (Å²) >= 11 is 0. The molecule has 0 aliphatic carbocycles. The van der Waals surface area contributed by atoms with Crippen LogP contribution in [0.15, 0.2) is 42.5 Å². The first-order valence-corrected chi connectivity index (χ1v) is 12.7. The molecule has 0 radical (unpaired) electrons. The van der Waals surface area contributed by atoms with Crippen molar-refractivity contribution < 1.29 is 14.3 Å². The molecule has 3 aliphatic rings. The van der Waals surface area contributed by atoms with Crippen molar-refractivity contribution >= 4 is 28.9 Å². The van der Waals surface area contributed by atoms with Crippen molar-refractivity contribution in [2.45, 2.75) is 31.7 Å². The van der Waals surface area contributed by atoms with Crippen molar-refractivity contribution in [2.24, 2.45) is 0 Å². The zero-order valence-electron chi connectivity index (χ0n) is 20.5. The number of ether oxygens (including phenoxy) is 1. The lowest BCUT2D eigenvalue weighted by Gasteiger charge is -2.41. The van der Waals surface area contributed by atoms with E-state index in [4.69, 9.17) is 4.74 Å². The molecule has 1 atom stereocenters. The highest BCUT2D eigenvalue weighted by atomic mass is 16.5. The van der Waals surface area contributed by atoms with E-state index >= 15 is 0 Å². The molecule has 0 aromatic heterocycles. The number of carbonyl (C=O) groups excluding carboxylic acids is 2. The van der Waals surface area contributed by atoms with Crippen molar-refractivity contribution in [3.63, 3.8) is 0 Å². The molecule has 2 N–H and O–H groups in total. The molecule has 0 spiro atoms. The number of benzene rings is 2. The van der Waals surface area contributed by atoms with Gasteiger partial charge in [-0.05, 0) is 74.7 Å². The summed E-state index contributed by atoms with van der Waals surface area (Å²) in [7, 11) is 1.69. The Kier molecular flexibility index (Phi) is 7.08. The largest absolute Gasteiger partial charge is 0.497 e. The fourth-order valence-corrected chi connectivity index (χ4v) is 5.37. The molecule has 0 unspecified atom stereocenters. The second-order valence-electron chi connectivity index (χ2n) is 9.56. The molecule has 2 aromatic rings. The van der Waals surface area contributed by atoms with Gasteiger partial charge in [-0.3, -0.25) is 14.5 Å². The summed E-state index contributed by atoms with van der Waals surface area (Å²) in [6.07, 6.45) is 3.99. The Balaban J connectivity index is 1.06. The number of piperidine rings is 1. The summed E-state index contributed by atoms with van der Waals surface area (Å²) in [5, 5.41) is 6.05. The number of methoxy groups -OCH3 is 1. The van der Waals surface area contributed by atoms with Crippen LogP contribution in [-0.4, -0.2) is 75.7 Å². The molecule has 5 rings (SSSR count). The summed E-state index contributed by atoms with van der Waals surface area (Å²) in [5.74, 6) is 0.833. The van der Waals surface area contributed by atoms with Crippen molar-refractivity contribution in [2.75, 3.05) is 68.0 Å². The number of amides is 2. The Morgan fingerprint density at radius 3 is 2.63 bits per heavy atom. The lowest BCUT2D eigenvalue weighted by molar-refractivity contribution is -0.118. The van der Waals surface area contributed by atoms with Crippen LogP contribution in [-0.2, 0) is 4.79 Å². The molecule has 2 fully saturated rings. The molecule has 186 valence electrons. The quantitative estimate of drug-likeness (QED) is 0.597. The number of fused-ring (bicyclic) bond motifs is 3. The number of rotatable bonds is 7. The van der Waals surface area contributed by atoms with E-state index in [-0.39, 0.29) is 17.9 Å². The summed E-state index contributed by atoms with van der Waals surface area (Å²) < 4.78 is 5.25. The van der Waals surface area contributed by atoms with Gasteiger partial charge in [0.25, 0.3) is 5.91 Å². The molecule has 8 heteroatoms. The van der Waals surface area contributed by atoms with E-state index in [1.165, 1.54) is 5.69 Å². The lowest BCUT2D eigenvalue weighted by atomic mass is 9.97. The molecule has 3 heterocycles. The highest BCUT2D eigenvalue weighted by molar-refractivity contribution is 6.05. The van der Waals surface area contributed by atoms with Crippen LogP contribution >= 0.6 is 0 Å². The Bertz CT molecular complexity index is 1050. The molecule has 0 saturated carbocycles. The van der Waals surface area contributed by atoms with E-state index in [9.17, 15) is 9.59 Å². The van der Waals surface area contributed by atoms with Gasteiger partial charge in [-0.2, -0.15) is 0 Å². The van der Waals surface area contributed by atoms with Gasteiger partial charge in [0.15, 0.2) is 0 Å². The Hall–Kier alpha value is -3.26. The predicted molar refractivity (Wildman–Crippen MR) is 139 cm³/mol. The number of piperazine rings is 1. The third kappa shape index (κ3) is 5.22. The van der Waals surface area contributed by atoms with E-state index < -0.39 is 0 Å². The number of hydrogen-bond donors (Lipinski definition) is 2. The Morgan fingerprint density at radius 1 is 1.06 bits per heavy atom. The third-order valence-corrected chi connectivity index (χ3v) is 7.38. The molecule has 2 amide bonds. The second-order valence-corrected chi connectivity index (χ2v) is 9.56. The van der Waals surface area contributed by atoms with Gasteiger partial charge < -0.3 is 25.2 Å². The smallest absolute Gasteiger partial charge is 0.251 e. The maximum absolute atomic E-state index is 12.7. The van der Waals surface area contributed by atoms with Crippen LogP contribution < -0.4 is 25.2 Å². The van der Waals surface area contributed by atoms with Crippen LogP contribution in [0.5, 0.6) is 5.75 Å². The van der Waals surface area contributed by atoms with Gasteiger partial charge in [0.2, 0.25) is 5.91 Å². The number of hydrogen-bond acceptors (Lipinski definition) is 6. The second kappa shape index (κ2) is 10.6. The molecular formula is C27H35N5O3. The number of nitrogens with zero attached hydrogens (tertiary/aromatic N) is 3. The first kappa shape index (κ1) is 23.5. The summed E-state index contributed by atoms with van der Waals surface area (Å²) in [5.41, 5.74) is 3.59. The van der Waals surface area contributed by atoms with Gasteiger partial charge in [0.05, 0.1) is 18.5 Å². The monoisotopic (exact) mass is 477 g/mol. The first-order valence-electron chi connectivity index (χ1n) is 12.7. The van der Waals surface area contributed by atoms with E-state index in [2.05, 4.69) is 37.5 Å². The lowest BCUT2D eigenvalue weighted by Crippen LogP contribution is -2.50. The standard InChI is InChI=1S/C27H35N5O3/c1-35-22-9-7-21(8-10-22)31-17-15-30(16-18-31)13-4-12-28-26(33)20-6-11-24-23(19-20)29-27(34)25-5-2-3-14-32(24)25/h6-11,19,25H,2-5,12-18H2,1H3,(H,28,33)(H,29,34)/t25-/m0/s1. The van der Waals surface area contributed by atoms with Crippen LogP contribution in [0.4, 0.5) is 17.1 Å². The molecular weight excluding hydrogens is 442 g/mol. The summed E-state index contributed by atoms with van der Waals surface area (Å²) in [4.78, 5) is 32.3. The molecule has 35 heavy (non-hydrogen) atoms. The van der Waals surface area contributed by atoms with Gasteiger partial charge in [-0.15, -0.1) is 0 Å². The number of nitrogens with one attached hydrogen (secondary N) is 2. The van der Waals surface area contributed by atoms with Crippen LogP contribution in [0.25, 0.3) is 0 Å². The zero-order chi connectivity index (χ0) is 24.2. The fourth-order valence-electron chi connectivity index (χ4n) is 5.37. The molecule has 2 aromatic carbocycles. The first-order chi connectivity index (χ1) is 17.1. The average molecular weight is 478 g/mol. The summed E-state index contributed by atoms with van der Waals surface area (Å²) in [6, 6.07) is 13.8. The minimum absolute atomic E-state index is 0.0434. The van der Waals surface area contributed by atoms with Crippen LogP contribution in [0, 0.1) is 0 Å². The highest BCUT2D eigenvalue weighted by Crippen LogP contribution is 2.36. The topological polar surface area (TPSA) is 77.1 Å². The van der Waals surface area contributed by atoms with Crippen LogP contribution in [0.2, 0.25) is 0 Å². The predicted octanol–water partition coefficient (Wildman–Crippen LogP) is 2.95. The highest BCUT2D eigenvalue weighted by Gasteiger charge is 2.34. The van der Waals surface area contributed by atoms with Crippen LogP contribution in [0.3, 0.4) is 0 Å². The van der Waals surface area contributed by atoms with Crippen LogP contribution in [0.1, 0.15) is 36.0 Å². The number of carbonyl (C=O) groups is 2. The Morgan fingerprint density at radius 2 is 1.86 bits per heavy atom. The van der Waals surface area contributed by atoms with Gasteiger partial charge >= 0.3 is 0 Å². The maximum Gasteiger partial charge on any atom is 0.251 e. The van der Waals surface area contributed by atoms with Crippen molar-refractivity contribution in [1.29, 1.82) is 0 Å². The van der Waals surface area contributed by atoms with Gasteiger partial charge in [-0.1, -0.05) is 0 Å². The van der Waals surface area contributed by atoms with E-state index in [0.717, 1.165) is 82.1 Å². The normalized spacial score (nSPS) is 20.0. The minimum atomic E-state index is -0.0906. The van der Waals surface area contributed by atoms with Crippen molar-refractivity contribution in [1.82, 2.24) is 10.2 Å². The number of anilines is 3. The minimum Gasteiger partial charge on any atom is -0.497 e. The van der Waals surface area contributed by atoms with Gasteiger partial charge in [0.1, 0.15) is 11.8 Å². The molecule has 2 saturated heterocycles. The zero-order valence-corrected chi connectivity index (χ0v) is 20.5. The van der Waals surface area contributed by atoms with Gasteiger partial charge in [0, 0.05) is 50.5 Å². The van der Waals surface area contributed by atoms with Crippen molar-refractivity contribution in [3.05, 3.63) is 48.0 Å². The van der Waals surface area contributed by atoms with E-state index in [1.54, 1.807) is 7.11 Å². The SMILES string of the molecule is COc1ccc(N2CCN(CCCNC(=O)c3ccc4c(c3)NC(=O)[C@@H]3CCCCN43)CC2)cc1. The molecule has 3 aliphatic heterocycles. The van der Waals surface area contributed by atoms with E-state index in [1.807, 2.05) is 30.3 Å². The summed E-state index contributed by atoms with van der Waals surface area (Å²) in [6.45, 7) is 6.52. The molecule has 8 nitrogen and oxygen atoms in total. The average Bonchev–Trinajstić information content (AvgIpc) is 2.91. The van der Waals surface area contributed by atoms with Crippen molar-refractivity contribution in [3.8, 4) is 5.75 Å². The maximum atomic E-state index is 12.7. The Labute approximate surface area is 207 Å². The fraction of sp³-hybridized carbons (Fsp3) is 0.481. The third-order valence-electron chi connectivity index (χ3n) is 7.38.